The molecule has 0 fully saturated rings. The van der Waals surface area contributed by atoms with E-state index in [0.29, 0.717) is 12.5 Å². The Hall–Kier alpha value is -3.09. The van der Waals surface area contributed by atoms with Crippen LogP contribution in [0.25, 0.3) is 0 Å². The number of para-hydroxylation sites is 1. The number of aromatic nitrogens is 1. The third-order valence-corrected chi connectivity index (χ3v) is 4.97. The topological polar surface area (TPSA) is 72.9 Å². The maximum absolute atomic E-state index is 12.4. The third kappa shape index (κ3) is 9.07. The highest BCUT2D eigenvalue weighted by Crippen LogP contribution is 2.12. The summed E-state index contributed by atoms with van der Waals surface area (Å²) in [6, 6.07) is 16.3. The van der Waals surface area contributed by atoms with Crippen LogP contribution in [-0.4, -0.2) is 68.1 Å². The van der Waals surface area contributed by atoms with Gasteiger partial charge < -0.3 is 20.4 Å². The van der Waals surface area contributed by atoms with Crippen LogP contribution in [0.15, 0.2) is 59.7 Å². The Morgan fingerprint density at radius 1 is 1.03 bits per heavy atom. The van der Waals surface area contributed by atoms with Gasteiger partial charge in [0.25, 0.3) is 0 Å². The van der Waals surface area contributed by atoms with Gasteiger partial charge in [0.2, 0.25) is 5.91 Å². The molecule has 0 radical (unpaired) electrons. The molecule has 0 bridgehead atoms. The average Bonchev–Trinajstić information content (AvgIpc) is 2.82. The molecule has 2 aromatic rings. The molecular weight excluding hydrogens is 388 g/mol. The molecule has 7 heteroatoms. The number of carbonyl (C=O) groups excluding carboxylic acids is 1. The average molecular weight is 425 g/mol. The molecule has 1 aromatic carbocycles. The summed E-state index contributed by atoms with van der Waals surface area (Å²) in [5.74, 6) is 0.672. The van der Waals surface area contributed by atoms with E-state index in [-0.39, 0.29) is 12.5 Å². The van der Waals surface area contributed by atoms with E-state index in [1.807, 2.05) is 38.2 Å². The predicted octanol–water partition coefficient (Wildman–Crippen LogP) is 2.55. The molecule has 2 N–H and O–H groups in total. The molecule has 0 unspecified atom stereocenters. The second-order valence-corrected chi connectivity index (χ2v) is 7.28. The van der Waals surface area contributed by atoms with Crippen molar-refractivity contribution in [1.82, 2.24) is 20.5 Å². The van der Waals surface area contributed by atoms with Gasteiger partial charge in [-0.15, -0.1) is 0 Å². The van der Waals surface area contributed by atoms with Crippen LogP contribution >= 0.6 is 0 Å². The second-order valence-electron chi connectivity index (χ2n) is 7.28. The van der Waals surface area contributed by atoms with Gasteiger partial charge in [0.05, 0.1) is 0 Å². The lowest BCUT2D eigenvalue weighted by Crippen LogP contribution is -2.40. The Bertz CT molecular complexity index is 781. The molecule has 0 spiro atoms. The highest BCUT2D eigenvalue weighted by Gasteiger charge is 2.09. The number of guanidine groups is 1. The van der Waals surface area contributed by atoms with Crippen LogP contribution in [0.3, 0.4) is 0 Å². The number of nitrogens with one attached hydrogen (secondary N) is 2. The number of amides is 1. The van der Waals surface area contributed by atoms with Crippen molar-refractivity contribution in [3.63, 3.8) is 0 Å². The van der Waals surface area contributed by atoms with Crippen molar-refractivity contribution < 1.29 is 4.79 Å². The van der Waals surface area contributed by atoms with Gasteiger partial charge >= 0.3 is 0 Å². The number of nitrogens with zero attached hydrogens (tertiary/aromatic N) is 4. The summed E-state index contributed by atoms with van der Waals surface area (Å²) < 4.78 is 0. The number of hydrogen-bond acceptors (Lipinski definition) is 4. The van der Waals surface area contributed by atoms with E-state index in [0.717, 1.165) is 44.7 Å². The lowest BCUT2D eigenvalue weighted by Gasteiger charge is -2.23. The lowest BCUT2D eigenvalue weighted by molar-refractivity contribution is -0.128. The van der Waals surface area contributed by atoms with E-state index >= 15 is 0 Å². The van der Waals surface area contributed by atoms with E-state index in [2.05, 4.69) is 56.7 Å². The van der Waals surface area contributed by atoms with Crippen LogP contribution in [0.2, 0.25) is 0 Å². The second kappa shape index (κ2) is 14.0. The molecule has 1 amide bonds. The standard InChI is InChI=1S/C24H36N6O/c1-4-25-24(27-17-11-18-30(5-2)22-13-7-6-8-14-22)28-20-23(31)29(3)19-15-21-12-9-10-16-26-21/h6-10,12-14,16H,4-5,11,15,17-20H2,1-3H3,(H2,25,27,28). The zero-order valence-corrected chi connectivity index (χ0v) is 19.1. The summed E-state index contributed by atoms with van der Waals surface area (Å²) in [6.07, 6.45) is 3.49. The van der Waals surface area contributed by atoms with E-state index in [1.165, 1.54) is 5.69 Å². The van der Waals surface area contributed by atoms with Crippen LogP contribution in [0, 0.1) is 0 Å². The quantitative estimate of drug-likeness (QED) is 0.311. The summed E-state index contributed by atoms with van der Waals surface area (Å²) >= 11 is 0. The number of anilines is 1. The summed E-state index contributed by atoms with van der Waals surface area (Å²) in [5, 5.41) is 6.55. The van der Waals surface area contributed by atoms with Crippen molar-refractivity contribution in [1.29, 1.82) is 0 Å². The van der Waals surface area contributed by atoms with E-state index in [4.69, 9.17) is 0 Å². The summed E-state index contributed by atoms with van der Waals surface area (Å²) in [5.41, 5.74) is 2.22. The SMILES string of the molecule is CCNC(=NCC(=O)N(C)CCc1ccccn1)NCCCN(CC)c1ccccc1. The molecule has 1 heterocycles. The number of aliphatic imine (C=N–C) groups is 1. The van der Waals surface area contributed by atoms with Gasteiger partial charge in [0.1, 0.15) is 6.54 Å². The van der Waals surface area contributed by atoms with Crippen molar-refractivity contribution >= 4 is 17.6 Å². The van der Waals surface area contributed by atoms with Crippen LogP contribution < -0.4 is 15.5 Å². The number of carbonyl (C=O) groups is 1. The van der Waals surface area contributed by atoms with Gasteiger partial charge in [0.15, 0.2) is 5.96 Å². The molecule has 2 rings (SSSR count). The Labute approximate surface area is 186 Å². The molecule has 1 aromatic heterocycles. The van der Waals surface area contributed by atoms with Gasteiger partial charge in [-0.1, -0.05) is 24.3 Å². The Balaban J connectivity index is 1.75. The van der Waals surface area contributed by atoms with Crippen LogP contribution in [-0.2, 0) is 11.2 Å². The van der Waals surface area contributed by atoms with Crippen molar-refractivity contribution in [2.75, 3.05) is 51.2 Å². The zero-order chi connectivity index (χ0) is 22.3. The van der Waals surface area contributed by atoms with Gasteiger partial charge in [-0.2, -0.15) is 0 Å². The number of rotatable bonds is 12. The molecule has 0 saturated carbocycles. The molecule has 7 nitrogen and oxygen atoms in total. The Kier molecular flexibility index (Phi) is 10.9. The number of pyridine rings is 1. The van der Waals surface area contributed by atoms with Crippen molar-refractivity contribution in [2.24, 2.45) is 4.99 Å². The first kappa shape index (κ1) is 24.2. The van der Waals surface area contributed by atoms with Crippen molar-refractivity contribution in [3.8, 4) is 0 Å². The highest BCUT2D eigenvalue weighted by atomic mass is 16.2. The first-order valence-electron chi connectivity index (χ1n) is 11.1. The van der Waals surface area contributed by atoms with Crippen LogP contribution in [0.5, 0.6) is 0 Å². The minimum atomic E-state index is -0.00521. The fraction of sp³-hybridized carbons (Fsp3) is 0.458. The van der Waals surface area contributed by atoms with Gasteiger partial charge in [0, 0.05) is 63.8 Å². The largest absolute Gasteiger partial charge is 0.372 e. The van der Waals surface area contributed by atoms with Crippen molar-refractivity contribution in [3.05, 3.63) is 60.4 Å². The van der Waals surface area contributed by atoms with Gasteiger partial charge in [-0.05, 0) is 44.5 Å². The minimum Gasteiger partial charge on any atom is -0.372 e. The summed E-state index contributed by atoms with van der Waals surface area (Å²) in [4.78, 5) is 25.2. The minimum absolute atomic E-state index is 0.00521. The summed E-state index contributed by atoms with van der Waals surface area (Å²) in [7, 11) is 1.81. The molecular formula is C24H36N6O. The molecule has 168 valence electrons. The molecule has 0 atom stereocenters. The molecule has 0 aliphatic carbocycles. The first-order chi connectivity index (χ1) is 15.1. The fourth-order valence-electron chi connectivity index (χ4n) is 3.15. The van der Waals surface area contributed by atoms with Crippen LogP contribution in [0.1, 0.15) is 26.0 Å². The normalized spacial score (nSPS) is 11.1. The number of benzene rings is 1. The molecule has 0 saturated heterocycles. The maximum atomic E-state index is 12.4. The van der Waals surface area contributed by atoms with E-state index < -0.39 is 0 Å². The monoisotopic (exact) mass is 424 g/mol. The van der Waals surface area contributed by atoms with E-state index in [9.17, 15) is 4.79 Å². The van der Waals surface area contributed by atoms with Gasteiger partial charge in [-0.3, -0.25) is 9.78 Å². The highest BCUT2D eigenvalue weighted by molar-refractivity contribution is 5.84. The number of likely N-dealkylation sites (N-methyl/N-ethyl adjacent to an activating group) is 1. The molecule has 31 heavy (non-hydrogen) atoms. The van der Waals surface area contributed by atoms with E-state index in [1.54, 1.807) is 11.1 Å². The van der Waals surface area contributed by atoms with Gasteiger partial charge in [-0.25, -0.2) is 4.99 Å². The third-order valence-electron chi connectivity index (χ3n) is 4.97. The lowest BCUT2D eigenvalue weighted by atomic mass is 10.2. The Morgan fingerprint density at radius 2 is 1.81 bits per heavy atom. The maximum Gasteiger partial charge on any atom is 0.244 e. The fourth-order valence-corrected chi connectivity index (χ4v) is 3.15. The number of hydrogen-bond donors (Lipinski definition) is 2. The van der Waals surface area contributed by atoms with Crippen LogP contribution in [0.4, 0.5) is 5.69 Å². The molecule has 0 aliphatic rings. The Morgan fingerprint density at radius 3 is 2.48 bits per heavy atom. The predicted molar refractivity (Wildman–Crippen MR) is 129 cm³/mol. The first-order valence-corrected chi connectivity index (χ1v) is 11.1. The zero-order valence-electron chi connectivity index (χ0n) is 19.1. The van der Waals surface area contributed by atoms with Crippen molar-refractivity contribution in [2.45, 2.75) is 26.7 Å². The summed E-state index contributed by atoms with van der Waals surface area (Å²) in [6.45, 7) is 8.41. The smallest absolute Gasteiger partial charge is 0.244 e. The molecule has 0 aliphatic heterocycles.